The van der Waals surface area contributed by atoms with Crippen LogP contribution in [0.1, 0.15) is 10.4 Å². The summed E-state index contributed by atoms with van der Waals surface area (Å²) in [5, 5.41) is 0.0254. The molecule has 70 valence electrons. The van der Waals surface area contributed by atoms with Gasteiger partial charge >= 0.3 is 0 Å². The first-order chi connectivity index (χ1) is 6.07. The lowest BCUT2D eigenvalue weighted by atomic mass is 10.1. The van der Waals surface area contributed by atoms with Crippen LogP contribution >= 0.6 is 15.9 Å². The van der Waals surface area contributed by atoms with Crippen molar-refractivity contribution >= 4 is 33.1 Å². The van der Waals surface area contributed by atoms with E-state index in [1.54, 1.807) is 0 Å². The highest BCUT2D eigenvalue weighted by Crippen LogP contribution is 2.23. The Bertz CT molecular complexity index is 354. The molecule has 0 heterocycles. The highest BCUT2D eigenvalue weighted by Gasteiger charge is 2.15. The van der Waals surface area contributed by atoms with Gasteiger partial charge in [0, 0.05) is 0 Å². The molecule has 1 aromatic rings. The Morgan fingerprint density at radius 2 is 2.08 bits per heavy atom. The highest BCUT2D eigenvalue weighted by molar-refractivity contribution is 9.09. The number of ketones is 1. The molecule has 0 atom stereocenters. The monoisotopic (exact) mass is 246 g/mol. The van der Waals surface area contributed by atoms with Crippen LogP contribution in [0.15, 0.2) is 12.1 Å². The van der Waals surface area contributed by atoms with Gasteiger partial charge in [0.15, 0.2) is 5.78 Å². The molecular weight excluding hydrogens is 239 g/mol. The quantitative estimate of drug-likeness (QED) is 0.473. The van der Waals surface area contributed by atoms with Crippen molar-refractivity contribution in [2.45, 2.75) is 0 Å². The van der Waals surface area contributed by atoms with Crippen LogP contribution in [0, 0.1) is 5.82 Å². The predicted molar refractivity (Wildman–Crippen MR) is 53.3 cm³/mol. The molecule has 1 rings (SSSR count). The van der Waals surface area contributed by atoms with Gasteiger partial charge in [0.25, 0.3) is 0 Å². The van der Waals surface area contributed by atoms with Gasteiger partial charge in [-0.05, 0) is 12.1 Å². The summed E-state index contributed by atoms with van der Waals surface area (Å²) >= 11 is 2.93. The molecule has 0 saturated heterocycles. The van der Waals surface area contributed by atoms with Gasteiger partial charge in [-0.1, -0.05) is 15.9 Å². The number of alkyl halides is 1. The third-order valence-electron chi connectivity index (χ3n) is 1.63. The summed E-state index contributed by atoms with van der Waals surface area (Å²) in [7, 11) is 0. The van der Waals surface area contributed by atoms with Crippen molar-refractivity contribution in [2.24, 2.45) is 0 Å². The van der Waals surface area contributed by atoms with Gasteiger partial charge in [0.1, 0.15) is 5.82 Å². The Balaban J connectivity index is 3.33. The molecule has 5 heteroatoms. The molecule has 3 nitrogen and oxygen atoms in total. The number of halogens is 2. The van der Waals surface area contributed by atoms with Crippen LogP contribution in [-0.2, 0) is 0 Å². The van der Waals surface area contributed by atoms with Gasteiger partial charge in [-0.3, -0.25) is 4.79 Å². The number of carbonyl (C=O) groups excluding carboxylic acids is 1. The largest absolute Gasteiger partial charge is 0.397 e. The third kappa shape index (κ3) is 1.80. The average Bonchev–Trinajstić information content (AvgIpc) is 2.12. The number of carbonyl (C=O) groups is 1. The van der Waals surface area contributed by atoms with E-state index in [0.29, 0.717) is 0 Å². The number of benzene rings is 1. The van der Waals surface area contributed by atoms with E-state index in [0.717, 1.165) is 6.07 Å². The first-order valence-corrected chi connectivity index (χ1v) is 4.62. The molecule has 0 aliphatic carbocycles. The second-order valence-corrected chi connectivity index (χ2v) is 3.04. The van der Waals surface area contributed by atoms with Gasteiger partial charge in [-0.25, -0.2) is 4.39 Å². The smallest absolute Gasteiger partial charge is 0.178 e. The van der Waals surface area contributed by atoms with Crippen LogP contribution in [0.25, 0.3) is 0 Å². The fraction of sp³-hybridized carbons (Fsp3) is 0.125. The summed E-state index contributed by atoms with van der Waals surface area (Å²) in [6, 6.07) is 2.46. The number of nitrogens with two attached hydrogens (primary N) is 2. The van der Waals surface area contributed by atoms with Crippen LogP contribution in [0.3, 0.4) is 0 Å². The maximum Gasteiger partial charge on any atom is 0.178 e. The standard InChI is InChI=1S/C8H8BrFN2O/c9-3-6(13)7-4(10)1-2-5(11)8(7)12/h1-2H,3,11-12H2. The van der Waals surface area contributed by atoms with Gasteiger partial charge in [-0.2, -0.15) is 0 Å². The van der Waals surface area contributed by atoms with Gasteiger partial charge in [-0.15, -0.1) is 0 Å². The van der Waals surface area contributed by atoms with Crippen LogP contribution in [0.2, 0.25) is 0 Å². The maximum absolute atomic E-state index is 13.1. The fourth-order valence-electron chi connectivity index (χ4n) is 0.959. The van der Waals surface area contributed by atoms with Crippen molar-refractivity contribution in [3.63, 3.8) is 0 Å². The summed E-state index contributed by atoms with van der Waals surface area (Å²) in [5.41, 5.74) is 11.0. The van der Waals surface area contributed by atoms with E-state index in [9.17, 15) is 9.18 Å². The topological polar surface area (TPSA) is 69.1 Å². The van der Waals surface area contributed by atoms with Crippen molar-refractivity contribution in [1.82, 2.24) is 0 Å². The van der Waals surface area contributed by atoms with Crippen LogP contribution in [0.4, 0.5) is 15.8 Å². The van der Waals surface area contributed by atoms with Crippen molar-refractivity contribution in [1.29, 1.82) is 0 Å². The summed E-state index contributed by atoms with van der Waals surface area (Å²) in [5.74, 6) is -1.06. The first kappa shape index (κ1) is 9.98. The molecule has 1 aromatic carbocycles. The van der Waals surface area contributed by atoms with E-state index >= 15 is 0 Å². The van der Waals surface area contributed by atoms with Gasteiger partial charge in [0.2, 0.25) is 0 Å². The van der Waals surface area contributed by atoms with E-state index in [1.807, 2.05) is 0 Å². The molecule has 0 bridgehead atoms. The van der Waals surface area contributed by atoms with Crippen molar-refractivity contribution in [3.05, 3.63) is 23.5 Å². The molecule has 13 heavy (non-hydrogen) atoms. The minimum atomic E-state index is -0.642. The second kappa shape index (κ2) is 3.74. The molecular formula is C8H8BrFN2O. The van der Waals surface area contributed by atoms with Gasteiger partial charge in [0.05, 0.1) is 22.3 Å². The third-order valence-corrected chi connectivity index (χ3v) is 2.14. The number of hydrogen-bond donors (Lipinski definition) is 2. The van der Waals surface area contributed by atoms with E-state index in [4.69, 9.17) is 11.5 Å². The number of anilines is 2. The Labute approximate surface area is 83.0 Å². The van der Waals surface area contributed by atoms with Gasteiger partial charge < -0.3 is 11.5 Å². The summed E-state index contributed by atoms with van der Waals surface area (Å²) in [6.45, 7) is 0. The van der Waals surface area contributed by atoms with E-state index < -0.39 is 11.6 Å². The number of Topliss-reactive ketones (excluding diaryl/α,β-unsaturated/α-hetero) is 1. The molecule has 0 unspecified atom stereocenters. The zero-order valence-corrected chi connectivity index (χ0v) is 8.27. The molecule has 0 radical (unpaired) electrons. The van der Waals surface area contributed by atoms with Crippen molar-refractivity contribution < 1.29 is 9.18 Å². The van der Waals surface area contributed by atoms with E-state index in [2.05, 4.69) is 15.9 Å². The Morgan fingerprint density at radius 3 is 2.62 bits per heavy atom. The van der Waals surface area contributed by atoms with Crippen LogP contribution < -0.4 is 11.5 Å². The number of rotatable bonds is 2. The number of nitrogen functional groups attached to an aromatic ring is 2. The molecule has 4 N–H and O–H groups in total. The molecule has 0 fully saturated rings. The zero-order chi connectivity index (χ0) is 10.0. The van der Waals surface area contributed by atoms with E-state index in [-0.39, 0.29) is 22.3 Å². The minimum absolute atomic E-state index is 0.00412. The molecule has 0 spiro atoms. The lowest BCUT2D eigenvalue weighted by Crippen LogP contribution is -2.09. The second-order valence-electron chi connectivity index (χ2n) is 2.48. The van der Waals surface area contributed by atoms with Crippen LogP contribution in [-0.4, -0.2) is 11.1 Å². The Morgan fingerprint density at radius 1 is 1.46 bits per heavy atom. The molecule has 0 aliphatic heterocycles. The normalized spacial score (nSPS) is 10.0. The zero-order valence-electron chi connectivity index (χ0n) is 6.68. The first-order valence-electron chi connectivity index (χ1n) is 3.50. The van der Waals surface area contributed by atoms with Crippen LogP contribution in [0.5, 0.6) is 0 Å². The minimum Gasteiger partial charge on any atom is -0.397 e. The predicted octanol–water partition coefficient (Wildman–Crippen LogP) is 1.57. The average molecular weight is 247 g/mol. The molecule has 0 saturated carbocycles. The summed E-state index contributed by atoms with van der Waals surface area (Å²) < 4.78 is 13.1. The lowest BCUT2D eigenvalue weighted by Gasteiger charge is -2.06. The molecule has 0 aliphatic rings. The SMILES string of the molecule is Nc1ccc(F)c(C(=O)CBr)c1N. The lowest BCUT2D eigenvalue weighted by molar-refractivity contribution is 0.102. The van der Waals surface area contributed by atoms with Crippen molar-refractivity contribution in [2.75, 3.05) is 16.8 Å². The summed E-state index contributed by atoms with van der Waals surface area (Å²) in [6.07, 6.45) is 0. The summed E-state index contributed by atoms with van der Waals surface area (Å²) in [4.78, 5) is 11.2. The van der Waals surface area contributed by atoms with E-state index in [1.165, 1.54) is 6.07 Å². The Kier molecular flexibility index (Phi) is 2.87. The highest BCUT2D eigenvalue weighted by atomic mass is 79.9. The molecule has 0 amide bonds. The van der Waals surface area contributed by atoms with Crippen molar-refractivity contribution in [3.8, 4) is 0 Å². The number of hydrogen-bond acceptors (Lipinski definition) is 3. The fourth-order valence-corrected chi connectivity index (χ4v) is 1.24. The molecule has 0 aromatic heterocycles. The Hall–Kier alpha value is -1.10. The maximum atomic E-state index is 13.1.